The number of imidazole rings is 1. The predicted molar refractivity (Wildman–Crippen MR) is 146 cm³/mol. The standard InChI is InChI=1S/C28H28N8O3/c1-34(27(37)19(17-29)16-20-6-5-13-31-20)14-15-35-26-24(25(30)32-18-33-26)36(28(35)38)21-9-11-23(12-10-21)39-22-7-3-2-4-8-22/h2-4,7-12,16,18,20,31H,5-6,13-15H2,1H3,(H2,30,32,33)/t20-/m0/s1. The Bertz CT molecular complexity index is 1610. The van der Waals surface area contributed by atoms with E-state index in [2.05, 4.69) is 15.3 Å². The minimum atomic E-state index is -0.397. The van der Waals surface area contributed by atoms with E-state index in [0.717, 1.165) is 19.4 Å². The van der Waals surface area contributed by atoms with Crippen LogP contribution in [0.3, 0.4) is 0 Å². The summed E-state index contributed by atoms with van der Waals surface area (Å²) in [5.74, 6) is 1.07. The highest BCUT2D eigenvalue weighted by Gasteiger charge is 2.22. The second-order valence-electron chi connectivity index (χ2n) is 9.23. The van der Waals surface area contributed by atoms with Gasteiger partial charge in [0.25, 0.3) is 5.91 Å². The maximum atomic E-state index is 13.6. The number of carbonyl (C=O) groups is 1. The fourth-order valence-electron chi connectivity index (χ4n) is 4.60. The van der Waals surface area contributed by atoms with Crippen LogP contribution >= 0.6 is 0 Å². The number of anilines is 1. The number of aromatic nitrogens is 4. The number of ether oxygens (including phenoxy) is 1. The second kappa shape index (κ2) is 11.2. The molecular formula is C28H28N8O3. The lowest BCUT2D eigenvalue weighted by atomic mass is 10.1. The van der Waals surface area contributed by atoms with Gasteiger partial charge in [-0.2, -0.15) is 5.26 Å². The number of nitrogens with two attached hydrogens (primary N) is 1. The van der Waals surface area contributed by atoms with Crippen LogP contribution in [0.1, 0.15) is 12.8 Å². The van der Waals surface area contributed by atoms with E-state index < -0.39 is 5.91 Å². The molecule has 3 heterocycles. The Morgan fingerprint density at radius 2 is 1.95 bits per heavy atom. The van der Waals surface area contributed by atoms with Gasteiger partial charge in [0, 0.05) is 26.2 Å². The maximum Gasteiger partial charge on any atom is 0.335 e. The summed E-state index contributed by atoms with van der Waals surface area (Å²) in [7, 11) is 1.61. The zero-order chi connectivity index (χ0) is 27.4. The van der Waals surface area contributed by atoms with E-state index >= 15 is 0 Å². The van der Waals surface area contributed by atoms with E-state index in [4.69, 9.17) is 10.5 Å². The van der Waals surface area contributed by atoms with Gasteiger partial charge in [-0.3, -0.25) is 13.9 Å². The van der Waals surface area contributed by atoms with Crippen LogP contribution in [0.2, 0.25) is 0 Å². The van der Waals surface area contributed by atoms with E-state index in [-0.39, 0.29) is 36.2 Å². The summed E-state index contributed by atoms with van der Waals surface area (Å²) >= 11 is 0. The number of benzene rings is 2. The quantitative estimate of drug-likeness (QED) is 0.264. The van der Waals surface area contributed by atoms with Crippen molar-refractivity contribution >= 4 is 22.9 Å². The van der Waals surface area contributed by atoms with Crippen LogP contribution in [0.4, 0.5) is 5.82 Å². The second-order valence-corrected chi connectivity index (χ2v) is 9.23. The fourth-order valence-corrected chi connectivity index (χ4v) is 4.60. The largest absolute Gasteiger partial charge is 0.457 e. The number of rotatable bonds is 8. The van der Waals surface area contributed by atoms with Gasteiger partial charge in [0.05, 0.1) is 5.69 Å². The number of hydrogen-bond donors (Lipinski definition) is 2. The Hall–Kier alpha value is -4.95. The lowest BCUT2D eigenvalue weighted by molar-refractivity contribution is -0.125. The molecule has 1 amide bonds. The van der Waals surface area contributed by atoms with Crippen molar-refractivity contribution in [1.82, 2.24) is 29.3 Å². The molecule has 5 rings (SSSR count). The maximum absolute atomic E-state index is 13.6. The van der Waals surface area contributed by atoms with Crippen LogP contribution in [0.25, 0.3) is 16.9 Å². The summed E-state index contributed by atoms with van der Waals surface area (Å²) in [5.41, 5.74) is 7.18. The first-order chi connectivity index (χ1) is 19.0. The van der Waals surface area contributed by atoms with Gasteiger partial charge in [-0.15, -0.1) is 0 Å². The van der Waals surface area contributed by atoms with Crippen LogP contribution in [-0.4, -0.2) is 56.1 Å². The van der Waals surface area contributed by atoms with Crippen molar-refractivity contribution < 1.29 is 9.53 Å². The Kier molecular flexibility index (Phi) is 7.38. The lowest BCUT2D eigenvalue weighted by Crippen LogP contribution is -2.34. The first-order valence-corrected chi connectivity index (χ1v) is 12.6. The predicted octanol–water partition coefficient (Wildman–Crippen LogP) is 2.62. The molecule has 0 radical (unpaired) electrons. The molecular weight excluding hydrogens is 496 g/mol. The summed E-state index contributed by atoms with van der Waals surface area (Å²) in [5, 5.41) is 12.8. The minimum absolute atomic E-state index is 0.0155. The Balaban J connectivity index is 1.40. The van der Waals surface area contributed by atoms with E-state index in [0.29, 0.717) is 28.4 Å². The molecule has 2 aromatic heterocycles. The van der Waals surface area contributed by atoms with Gasteiger partial charge in [0.2, 0.25) is 0 Å². The van der Waals surface area contributed by atoms with Gasteiger partial charge in [-0.1, -0.05) is 18.2 Å². The summed E-state index contributed by atoms with van der Waals surface area (Å²) in [6.07, 6.45) is 4.87. The fraction of sp³-hybridized carbons (Fsp3) is 0.250. The smallest absolute Gasteiger partial charge is 0.335 e. The normalized spacial score (nSPS) is 15.3. The first-order valence-electron chi connectivity index (χ1n) is 12.6. The highest BCUT2D eigenvalue weighted by molar-refractivity contribution is 5.97. The van der Waals surface area contributed by atoms with Crippen molar-refractivity contribution in [2.45, 2.75) is 25.4 Å². The molecule has 0 unspecified atom stereocenters. The zero-order valence-electron chi connectivity index (χ0n) is 21.4. The van der Waals surface area contributed by atoms with Crippen molar-refractivity contribution in [2.24, 2.45) is 0 Å². The van der Waals surface area contributed by atoms with Crippen molar-refractivity contribution in [2.75, 3.05) is 25.9 Å². The molecule has 0 spiro atoms. The molecule has 1 aliphatic rings. The van der Waals surface area contributed by atoms with E-state index in [9.17, 15) is 14.9 Å². The average molecular weight is 525 g/mol. The Morgan fingerprint density at radius 1 is 1.21 bits per heavy atom. The summed E-state index contributed by atoms with van der Waals surface area (Å²) in [6, 6.07) is 18.5. The van der Waals surface area contributed by atoms with Crippen molar-refractivity contribution in [3.05, 3.63) is 83.1 Å². The lowest BCUT2D eigenvalue weighted by Gasteiger charge is -2.17. The highest BCUT2D eigenvalue weighted by Crippen LogP contribution is 2.25. The molecule has 39 heavy (non-hydrogen) atoms. The van der Waals surface area contributed by atoms with Crippen LogP contribution < -0.4 is 21.5 Å². The highest BCUT2D eigenvalue weighted by atomic mass is 16.5. The van der Waals surface area contributed by atoms with Crippen LogP contribution in [0.15, 0.2) is 77.4 Å². The zero-order valence-corrected chi connectivity index (χ0v) is 21.4. The molecule has 2 aromatic carbocycles. The van der Waals surface area contributed by atoms with Crippen LogP contribution in [-0.2, 0) is 11.3 Å². The number of para-hydroxylation sites is 1. The molecule has 1 aliphatic heterocycles. The van der Waals surface area contributed by atoms with E-state index in [1.807, 2.05) is 36.4 Å². The number of fused-ring (bicyclic) bond motifs is 1. The molecule has 3 N–H and O–H groups in total. The molecule has 4 aromatic rings. The number of carbonyl (C=O) groups excluding carboxylic acids is 1. The minimum Gasteiger partial charge on any atom is -0.457 e. The summed E-state index contributed by atoms with van der Waals surface area (Å²) in [6.45, 7) is 1.20. The molecule has 1 fully saturated rings. The average Bonchev–Trinajstić information content (AvgIpc) is 3.57. The molecule has 198 valence electrons. The third kappa shape index (κ3) is 5.37. The molecule has 0 saturated carbocycles. The number of hydrogen-bond acceptors (Lipinski definition) is 8. The Morgan fingerprint density at radius 3 is 2.64 bits per heavy atom. The Labute approximate surface area is 224 Å². The topological polar surface area (TPSA) is 144 Å². The van der Waals surface area contributed by atoms with Gasteiger partial charge in [-0.05, 0) is 61.9 Å². The number of nitriles is 1. The first kappa shape index (κ1) is 25.7. The molecule has 1 atom stereocenters. The summed E-state index contributed by atoms with van der Waals surface area (Å²) < 4.78 is 8.77. The number of likely N-dealkylation sites (N-methyl/N-ethyl adjacent to an activating group) is 1. The third-order valence-corrected chi connectivity index (χ3v) is 6.63. The van der Waals surface area contributed by atoms with Crippen LogP contribution in [0, 0.1) is 11.3 Å². The SMILES string of the molecule is CN(CCn1c(=O)n(-c2ccc(Oc3ccccc3)cc2)c2c(N)ncnc21)C(=O)C(C#N)=C[C@@H]1CCCN1. The summed E-state index contributed by atoms with van der Waals surface area (Å²) in [4.78, 5) is 36.4. The van der Waals surface area contributed by atoms with E-state index in [1.54, 1.807) is 37.4 Å². The number of nitrogen functional groups attached to an aromatic ring is 1. The number of amides is 1. The van der Waals surface area contributed by atoms with Crippen LogP contribution in [0.5, 0.6) is 11.5 Å². The van der Waals surface area contributed by atoms with E-state index in [1.165, 1.54) is 20.4 Å². The van der Waals surface area contributed by atoms with Crippen molar-refractivity contribution in [3.8, 4) is 23.3 Å². The molecule has 0 bridgehead atoms. The molecule has 0 aliphatic carbocycles. The van der Waals surface area contributed by atoms with Gasteiger partial charge >= 0.3 is 5.69 Å². The van der Waals surface area contributed by atoms with Gasteiger partial charge < -0.3 is 20.7 Å². The molecule has 11 nitrogen and oxygen atoms in total. The molecule has 1 saturated heterocycles. The number of nitrogens with one attached hydrogen (secondary N) is 1. The monoisotopic (exact) mass is 524 g/mol. The molecule has 11 heteroatoms. The van der Waals surface area contributed by atoms with Crippen molar-refractivity contribution in [1.29, 1.82) is 5.26 Å². The number of nitrogens with zero attached hydrogens (tertiary/aromatic N) is 6. The third-order valence-electron chi connectivity index (χ3n) is 6.63. The van der Waals surface area contributed by atoms with Gasteiger partial charge in [0.1, 0.15) is 35.0 Å². The van der Waals surface area contributed by atoms with Gasteiger partial charge in [-0.25, -0.2) is 14.8 Å². The van der Waals surface area contributed by atoms with Crippen molar-refractivity contribution in [3.63, 3.8) is 0 Å². The van der Waals surface area contributed by atoms with Gasteiger partial charge in [0.15, 0.2) is 11.5 Å².